The van der Waals surface area contributed by atoms with Gasteiger partial charge in [0.1, 0.15) is 5.75 Å². The quantitative estimate of drug-likeness (QED) is 0.401. The predicted molar refractivity (Wildman–Crippen MR) is 114 cm³/mol. The highest BCUT2D eigenvalue weighted by atomic mass is 79.9. The molecule has 0 spiro atoms. The van der Waals surface area contributed by atoms with Crippen molar-refractivity contribution >= 4 is 26.8 Å². The van der Waals surface area contributed by atoms with E-state index in [1.54, 1.807) is 0 Å². The van der Waals surface area contributed by atoms with E-state index in [4.69, 9.17) is 4.74 Å². The van der Waals surface area contributed by atoms with E-state index in [1.165, 1.54) is 35.1 Å². The van der Waals surface area contributed by atoms with E-state index in [2.05, 4.69) is 78.1 Å². The zero-order chi connectivity index (χ0) is 18.7. The second-order valence-electron chi connectivity index (χ2n) is 6.96. The summed E-state index contributed by atoms with van der Waals surface area (Å²) in [7, 11) is 0. The molecule has 0 aliphatic heterocycles. The van der Waals surface area contributed by atoms with Crippen LogP contribution in [0.4, 0.5) is 0 Å². The van der Waals surface area contributed by atoms with Crippen LogP contribution in [0.15, 0.2) is 40.9 Å². The normalized spacial score (nSPS) is 11.1. The lowest BCUT2D eigenvalue weighted by atomic mass is 9.94. The molecule has 3 aromatic rings. The minimum absolute atomic E-state index is 0.757. The van der Waals surface area contributed by atoms with E-state index in [9.17, 15) is 0 Å². The Hall–Kier alpha value is -1.87. The second kappa shape index (κ2) is 8.22. The summed E-state index contributed by atoms with van der Waals surface area (Å²) in [5, 5.41) is 1.09. The first-order chi connectivity index (χ1) is 12.5. The van der Waals surface area contributed by atoms with E-state index in [0.29, 0.717) is 0 Å². The fourth-order valence-corrected chi connectivity index (χ4v) is 4.18. The molecule has 0 fully saturated rings. The average Bonchev–Trinajstić information content (AvgIpc) is 2.58. The number of benzene rings is 2. The lowest BCUT2D eigenvalue weighted by Gasteiger charge is -2.14. The highest BCUT2D eigenvalue weighted by Crippen LogP contribution is 2.34. The van der Waals surface area contributed by atoms with Crippen LogP contribution in [0.3, 0.4) is 0 Å². The average molecular weight is 412 g/mol. The molecule has 0 bridgehead atoms. The van der Waals surface area contributed by atoms with Gasteiger partial charge in [-0.15, -0.1) is 0 Å². The van der Waals surface area contributed by atoms with Gasteiger partial charge in [-0.3, -0.25) is 4.98 Å². The van der Waals surface area contributed by atoms with Gasteiger partial charge in [-0.2, -0.15) is 0 Å². The summed E-state index contributed by atoms with van der Waals surface area (Å²) in [4.78, 5) is 4.69. The zero-order valence-corrected chi connectivity index (χ0v) is 17.6. The molecule has 2 aromatic carbocycles. The predicted octanol–water partition coefficient (Wildman–Crippen LogP) is 7.16. The first-order valence-corrected chi connectivity index (χ1v) is 10.1. The van der Waals surface area contributed by atoms with Crippen LogP contribution in [0.1, 0.15) is 43.0 Å². The van der Waals surface area contributed by atoms with Crippen molar-refractivity contribution in [2.75, 3.05) is 6.61 Å². The number of hydrogen-bond acceptors (Lipinski definition) is 2. The molecule has 3 rings (SSSR count). The Balaban J connectivity index is 2.06. The van der Waals surface area contributed by atoms with E-state index in [1.807, 2.05) is 6.92 Å². The van der Waals surface area contributed by atoms with Gasteiger partial charge in [-0.05, 0) is 73.7 Å². The third-order valence-corrected chi connectivity index (χ3v) is 5.15. The molecule has 2 nitrogen and oxygen atoms in total. The maximum absolute atomic E-state index is 6.13. The van der Waals surface area contributed by atoms with Gasteiger partial charge < -0.3 is 4.74 Å². The summed E-state index contributed by atoms with van der Waals surface area (Å²) < 4.78 is 7.24. The molecule has 136 valence electrons. The Labute approximate surface area is 164 Å². The van der Waals surface area contributed by atoms with Gasteiger partial charge in [0.15, 0.2) is 0 Å². The number of nitrogens with zero attached hydrogens (tertiary/aromatic N) is 1. The number of hydrogen-bond donors (Lipinski definition) is 0. The molecule has 1 aromatic heterocycles. The van der Waals surface area contributed by atoms with Crippen molar-refractivity contribution in [1.29, 1.82) is 0 Å². The van der Waals surface area contributed by atoms with Gasteiger partial charge in [0.2, 0.25) is 0 Å². The molecule has 0 N–H and O–H groups in total. The van der Waals surface area contributed by atoms with E-state index in [0.717, 1.165) is 39.8 Å². The Morgan fingerprint density at radius 3 is 2.38 bits per heavy atom. The number of aromatic nitrogens is 1. The zero-order valence-electron chi connectivity index (χ0n) is 16.0. The molecule has 0 atom stereocenters. The lowest BCUT2D eigenvalue weighted by molar-refractivity contribution is 0.309. The standard InChI is InChI=1S/C23H26BrNO/c1-5-6-7-10-26-22-13-17(4)25-21-9-8-18(14-20(21)22)23-15(2)11-19(24)12-16(23)3/h8-9,11-14H,5-7,10H2,1-4H3. The number of ether oxygens (including phenoxy) is 1. The van der Waals surface area contributed by atoms with Crippen molar-refractivity contribution in [1.82, 2.24) is 4.98 Å². The van der Waals surface area contributed by atoms with Crippen LogP contribution in [-0.4, -0.2) is 11.6 Å². The van der Waals surface area contributed by atoms with Crippen LogP contribution in [-0.2, 0) is 0 Å². The van der Waals surface area contributed by atoms with Crippen LogP contribution >= 0.6 is 15.9 Å². The largest absolute Gasteiger partial charge is 0.493 e. The Kier molecular flexibility index (Phi) is 5.98. The van der Waals surface area contributed by atoms with Crippen LogP contribution in [0.2, 0.25) is 0 Å². The summed E-state index contributed by atoms with van der Waals surface area (Å²) in [6.45, 7) is 9.31. The maximum atomic E-state index is 6.13. The summed E-state index contributed by atoms with van der Waals surface area (Å²) in [6, 6.07) is 12.9. The topological polar surface area (TPSA) is 22.1 Å². The van der Waals surface area contributed by atoms with Gasteiger partial charge in [0, 0.05) is 21.6 Å². The van der Waals surface area contributed by atoms with Crippen LogP contribution in [0.25, 0.3) is 22.0 Å². The van der Waals surface area contributed by atoms with Crippen molar-refractivity contribution in [3.05, 3.63) is 57.7 Å². The molecular formula is C23H26BrNO. The van der Waals surface area contributed by atoms with Crippen molar-refractivity contribution in [3.63, 3.8) is 0 Å². The van der Waals surface area contributed by atoms with Gasteiger partial charge in [0.05, 0.1) is 12.1 Å². The van der Waals surface area contributed by atoms with Crippen molar-refractivity contribution in [3.8, 4) is 16.9 Å². The molecule has 0 saturated heterocycles. The van der Waals surface area contributed by atoms with Crippen molar-refractivity contribution in [2.45, 2.75) is 47.0 Å². The number of unbranched alkanes of at least 4 members (excludes halogenated alkanes) is 2. The van der Waals surface area contributed by atoms with Gasteiger partial charge in [-0.25, -0.2) is 0 Å². The van der Waals surface area contributed by atoms with Crippen LogP contribution < -0.4 is 4.74 Å². The number of aryl methyl sites for hydroxylation is 3. The fraction of sp³-hybridized carbons (Fsp3) is 0.348. The molecule has 0 aliphatic rings. The Morgan fingerprint density at radius 1 is 0.962 bits per heavy atom. The van der Waals surface area contributed by atoms with E-state index in [-0.39, 0.29) is 0 Å². The van der Waals surface area contributed by atoms with Crippen LogP contribution in [0.5, 0.6) is 5.75 Å². The summed E-state index contributed by atoms with van der Waals surface area (Å²) >= 11 is 3.59. The van der Waals surface area contributed by atoms with Crippen molar-refractivity contribution < 1.29 is 4.74 Å². The van der Waals surface area contributed by atoms with Crippen LogP contribution in [0, 0.1) is 20.8 Å². The minimum Gasteiger partial charge on any atom is -0.493 e. The number of fused-ring (bicyclic) bond motifs is 1. The smallest absolute Gasteiger partial charge is 0.130 e. The molecular weight excluding hydrogens is 386 g/mol. The third-order valence-electron chi connectivity index (χ3n) is 4.69. The molecule has 0 aliphatic carbocycles. The highest BCUT2D eigenvalue weighted by Gasteiger charge is 2.11. The fourth-order valence-electron chi connectivity index (χ4n) is 3.50. The molecule has 0 radical (unpaired) electrons. The monoisotopic (exact) mass is 411 g/mol. The molecule has 0 saturated carbocycles. The maximum Gasteiger partial charge on any atom is 0.130 e. The highest BCUT2D eigenvalue weighted by molar-refractivity contribution is 9.10. The summed E-state index contributed by atoms with van der Waals surface area (Å²) in [6.07, 6.45) is 3.49. The lowest BCUT2D eigenvalue weighted by Crippen LogP contribution is -1.99. The van der Waals surface area contributed by atoms with Gasteiger partial charge in [-0.1, -0.05) is 41.8 Å². The molecule has 1 heterocycles. The summed E-state index contributed by atoms with van der Waals surface area (Å²) in [5.74, 6) is 0.942. The van der Waals surface area contributed by atoms with E-state index < -0.39 is 0 Å². The van der Waals surface area contributed by atoms with Gasteiger partial charge >= 0.3 is 0 Å². The molecule has 0 amide bonds. The Morgan fingerprint density at radius 2 is 1.69 bits per heavy atom. The van der Waals surface area contributed by atoms with E-state index >= 15 is 0 Å². The molecule has 0 unspecified atom stereocenters. The molecule has 26 heavy (non-hydrogen) atoms. The van der Waals surface area contributed by atoms with Crippen molar-refractivity contribution in [2.24, 2.45) is 0 Å². The number of rotatable bonds is 6. The minimum atomic E-state index is 0.757. The first kappa shape index (κ1) is 18.9. The Bertz CT molecular complexity index is 910. The first-order valence-electron chi connectivity index (χ1n) is 9.31. The SMILES string of the molecule is CCCCCOc1cc(C)nc2ccc(-c3c(C)cc(Br)cc3C)cc12. The third kappa shape index (κ3) is 4.09. The number of pyridine rings is 1. The summed E-state index contributed by atoms with van der Waals surface area (Å²) in [5.41, 5.74) is 7.01. The molecule has 3 heteroatoms. The second-order valence-corrected chi connectivity index (χ2v) is 7.88. The van der Waals surface area contributed by atoms with Gasteiger partial charge in [0.25, 0.3) is 0 Å². The number of halogens is 1.